The van der Waals surface area contributed by atoms with E-state index in [1.165, 1.54) is 0 Å². The zero-order valence-electron chi connectivity index (χ0n) is 10.6. The SMILES string of the molecule is CC(CC(N)=O)NC(=O)C(C(N)=S)c1ccccc1. The highest BCUT2D eigenvalue weighted by Gasteiger charge is 2.24. The van der Waals surface area contributed by atoms with Crippen LogP contribution in [-0.2, 0) is 9.59 Å². The van der Waals surface area contributed by atoms with Crippen molar-refractivity contribution in [1.82, 2.24) is 5.32 Å². The summed E-state index contributed by atoms with van der Waals surface area (Å²) in [6.45, 7) is 1.70. The first-order chi connectivity index (χ1) is 8.91. The van der Waals surface area contributed by atoms with Crippen LogP contribution < -0.4 is 16.8 Å². The average Bonchev–Trinajstić information content (AvgIpc) is 2.28. The molecule has 2 unspecified atom stereocenters. The number of amides is 2. The first-order valence-electron chi connectivity index (χ1n) is 5.84. The van der Waals surface area contributed by atoms with Gasteiger partial charge >= 0.3 is 0 Å². The van der Waals surface area contributed by atoms with E-state index in [2.05, 4.69) is 5.32 Å². The predicted octanol–water partition coefficient (Wildman–Crippen LogP) is 0.436. The lowest BCUT2D eigenvalue weighted by molar-refractivity contribution is -0.122. The fourth-order valence-electron chi connectivity index (χ4n) is 1.77. The Morgan fingerprint density at radius 3 is 2.32 bits per heavy atom. The van der Waals surface area contributed by atoms with Crippen LogP contribution in [0.3, 0.4) is 0 Å². The lowest BCUT2D eigenvalue weighted by Crippen LogP contribution is -2.42. The van der Waals surface area contributed by atoms with E-state index in [9.17, 15) is 9.59 Å². The van der Waals surface area contributed by atoms with Crippen LogP contribution >= 0.6 is 12.2 Å². The van der Waals surface area contributed by atoms with Crippen LogP contribution in [0.15, 0.2) is 30.3 Å². The number of rotatable bonds is 6. The molecule has 1 aromatic carbocycles. The first-order valence-corrected chi connectivity index (χ1v) is 6.25. The second kappa shape index (κ2) is 6.84. The van der Waals surface area contributed by atoms with Gasteiger partial charge in [0.05, 0.1) is 4.99 Å². The van der Waals surface area contributed by atoms with Gasteiger partial charge in [-0.3, -0.25) is 9.59 Å². The van der Waals surface area contributed by atoms with Gasteiger partial charge in [0.1, 0.15) is 5.92 Å². The first kappa shape index (κ1) is 15.1. The van der Waals surface area contributed by atoms with Crippen LogP contribution in [0, 0.1) is 0 Å². The molecule has 2 atom stereocenters. The molecule has 102 valence electrons. The molecule has 0 radical (unpaired) electrons. The third-order valence-corrected chi connectivity index (χ3v) is 2.81. The van der Waals surface area contributed by atoms with Gasteiger partial charge in [-0.25, -0.2) is 0 Å². The summed E-state index contributed by atoms with van der Waals surface area (Å²) >= 11 is 4.94. The van der Waals surface area contributed by atoms with Crippen LogP contribution in [0.2, 0.25) is 0 Å². The molecule has 19 heavy (non-hydrogen) atoms. The summed E-state index contributed by atoms with van der Waals surface area (Å²) in [4.78, 5) is 23.0. The summed E-state index contributed by atoms with van der Waals surface area (Å²) < 4.78 is 0. The highest BCUT2D eigenvalue weighted by Crippen LogP contribution is 2.16. The number of hydrogen-bond donors (Lipinski definition) is 3. The quantitative estimate of drug-likeness (QED) is 0.658. The minimum absolute atomic E-state index is 0.0740. The molecule has 0 spiro atoms. The van der Waals surface area contributed by atoms with E-state index in [0.29, 0.717) is 0 Å². The third kappa shape index (κ3) is 4.67. The second-order valence-electron chi connectivity index (χ2n) is 4.33. The lowest BCUT2D eigenvalue weighted by Gasteiger charge is -2.19. The summed E-state index contributed by atoms with van der Waals surface area (Å²) in [6.07, 6.45) is 0.0740. The minimum atomic E-state index is -0.702. The van der Waals surface area contributed by atoms with E-state index >= 15 is 0 Å². The number of carbonyl (C=O) groups is 2. The Morgan fingerprint density at radius 1 is 1.26 bits per heavy atom. The largest absolute Gasteiger partial charge is 0.392 e. The molecule has 0 aliphatic heterocycles. The van der Waals surface area contributed by atoms with Gasteiger partial charge in [0.15, 0.2) is 0 Å². The molecule has 0 saturated carbocycles. The molecule has 5 N–H and O–H groups in total. The van der Waals surface area contributed by atoms with E-state index in [1.54, 1.807) is 31.2 Å². The van der Waals surface area contributed by atoms with Gasteiger partial charge < -0.3 is 16.8 Å². The second-order valence-corrected chi connectivity index (χ2v) is 4.80. The molecule has 0 heterocycles. The van der Waals surface area contributed by atoms with Crippen molar-refractivity contribution < 1.29 is 9.59 Å². The number of thiocarbonyl (C=S) groups is 1. The topological polar surface area (TPSA) is 98.2 Å². The zero-order chi connectivity index (χ0) is 14.4. The summed E-state index contributed by atoms with van der Waals surface area (Å²) in [6, 6.07) is 8.66. The summed E-state index contributed by atoms with van der Waals surface area (Å²) in [7, 11) is 0. The molecule has 1 rings (SSSR count). The van der Waals surface area contributed by atoms with Crippen LogP contribution in [-0.4, -0.2) is 22.8 Å². The molecule has 0 fully saturated rings. The minimum Gasteiger partial charge on any atom is -0.392 e. The molecule has 0 aromatic heterocycles. The van der Waals surface area contributed by atoms with E-state index in [4.69, 9.17) is 23.7 Å². The van der Waals surface area contributed by atoms with Crippen molar-refractivity contribution in [3.63, 3.8) is 0 Å². The van der Waals surface area contributed by atoms with E-state index in [0.717, 1.165) is 5.56 Å². The van der Waals surface area contributed by atoms with Crippen LogP contribution in [0.4, 0.5) is 0 Å². The van der Waals surface area contributed by atoms with Gasteiger partial charge in [-0.1, -0.05) is 42.5 Å². The van der Waals surface area contributed by atoms with Crippen LogP contribution in [0.1, 0.15) is 24.8 Å². The van der Waals surface area contributed by atoms with Gasteiger partial charge in [0.25, 0.3) is 0 Å². The molecule has 0 saturated heterocycles. The lowest BCUT2D eigenvalue weighted by atomic mass is 9.98. The molecule has 5 nitrogen and oxygen atoms in total. The molecule has 1 aromatic rings. The van der Waals surface area contributed by atoms with Gasteiger partial charge in [-0.15, -0.1) is 0 Å². The Balaban J connectivity index is 2.81. The molecule has 0 bridgehead atoms. The van der Waals surface area contributed by atoms with Crippen molar-refractivity contribution in [3.05, 3.63) is 35.9 Å². The summed E-state index contributed by atoms with van der Waals surface area (Å²) in [5.41, 5.74) is 11.4. The average molecular weight is 279 g/mol. The molecule has 0 aliphatic rings. The fraction of sp³-hybridized carbons (Fsp3) is 0.308. The number of nitrogens with one attached hydrogen (secondary N) is 1. The highest BCUT2D eigenvalue weighted by molar-refractivity contribution is 7.80. The Labute approximate surface area is 117 Å². The Hall–Kier alpha value is -1.95. The van der Waals surface area contributed by atoms with Crippen molar-refractivity contribution in [2.75, 3.05) is 0 Å². The van der Waals surface area contributed by atoms with Crippen molar-refractivity contribution >= 4 is 29.0 Å². The number of carbonyl (C=O) groups excluding carboxylic acids is 2. The van der Waals surface area contributed by atoms with Gasteiger partial charge in [-0.05, 0) is 12.5 Å². The monoisotopic (exact) mass is 279 g/mol. The van der Waals surface area contributed by atoms with Crippen molar-refractivity contribution in [3.8, 4) is 0 Å². The Morgan fingerprint density at radius 2 is 1.84 bits per heavy atom. The van der Waals surface area contributed by atoms with Crippen molar-refractivity contribution in [2.24, 2.45) is 11.5 Å². The number of hydrogen-bond acceptors (Lipinski definition) is 3. The smallest absolute Gasteiger partial charge is 0.234 e. The maximum absolute atomic E-state index is 12.1. The number of benzene rings is 1. The molecule has 2 amide bonds. The predicted molar refractivity (Wildman–Crippen MR) is 77.4 cm³/mol. The summed E-state index contributed by atoms with van der Waals surface area (Å²) in [5, 5.41) is 2.68. The highest BCUT2D eigenvalue weighted by atomic mass is 32.1. The Kier molecular flexibility index (Phi) is 5.44. The third-order valence-electron chi connectivity index (χ3n) is 2.58. The van der Waals surface area contributed by atoms with E-state index < -0.39 is 11.8 Å². The molecule has 6 heteroatoms. The maximum Gasteiger partial charge on any atom is 0.234 e. The van der Waals surface area contributed by atoms with Gasteiger partial charge in [0.2, 0.25) is 11.8 Å². The number of nitrogens with two attached hydrogens (primary N) is 2. The zero-order valence-corrected chi connectivity index (χ0v) is 11.4. The van der Waals surface area contributed by atoms with Gasteiger partial charge in [0, 0.05) is 12.5 Å². The van der Waals surface area contributed by atoms with Crippen molar-refractivity contribution in [2.45, 2.75) is 25.3 Å². The van der Waals surface area contributed by atoms with E-state index in [1.807, 2.05) is 6.07 Å². The molecule has 0 aliphatic carbocycles. The maximum atomic E-state index is 12.1. The standard InChI is InChI=1S/C13H17N3O2S/c1-8(7-10(14)17)16-13(18)11(12(15)19)9-5-3-2-4-6-9/h2-6,8,11H,7H2,1H3,(H2,14,17)(H2,15,19)(H,16,18). The molecular weight excluding hydrogens is 262 g/mol. The normalized spacial score (nSPS) is 13.3. The van der Waals surface area contributed by atoms with Crippen LogP contribution in [0.25, 0.3) is 0 Å². The van der Waals surface area contributed by atoms with Gasteiger partial charge in [-0.2, -0.15) is 0 Å². The molecular formula is C13H17N3O2S. The van der Waals surface area contributed by atoms with Crippen LogP contribution in [0.5, 0.6) is 0 Å². The van der Waals surface area contributed by atoms with Crippen molar-refractivity contribution in [1.29, 1.82) is 0 Å². The Bertz CT molecular complexity index is 476. The summed E-state index contributed by atoms with van der Waals surface area (Å²) in [5.74, 6) is -1.50. The fourth-order valence-corrected chi connectivity index (χ4v) is 2.01. The number of primary amides is 1. The van der Waals surface area contributed by atoms with E-state index in [-0.39, 0.29) is 23.4 Å².